The van der Waals surface area contributed by atoms with Crippen LogP contribution >= 0.6 is 0 Å². The Morgan fingerprint density at radius 3 is 2.06 bits per heavy atom. The standard InChI is InChI=1S/C26H33F3N2O2S/c27-26(28,29)24-7-3-4-8-25(24)34(32,33)31-18-20-11-9-19(10-12-20)16-30-17-21-13-14-22-5-1-2-6-23(22)15-21/h1-8,19-21,30-31H,9-18H2. The lowest BCUT2D eigenvalue weighted by Gasteiger charge is -2.30. The van der Waals surface area contributed by atoms with Crippen molar-refractivity contribution in [3.8, 4) is 0 Å². The third kappa shape index (κ3) is 6.40. The Morgan fingerprint density at radius 2 is 1.35 bits per heavy atom. The molecule has 1 unspecified atom stereocenters. The fourth-order valence-corrected chi connectivity index (χ4v) is 6.66. The van der Waals surface area contributed by atoms with Crippen LogP contribution in [0.25, 0.3) is 0 Å². The van der Waals surface area contributed by atoms with Gasteiger partial charge in [0, 0.05) is 6.54 Å². The largest absolute Gasteiger partial charge is 0.417 e. The van der Waals surface area contributed by atoms with Gasteiger partial charge in [-0.25, -0.2) is 13.1 Å². The molecule has 1 atom stereocenters. The third-order valence-electron chi connectivity index (χ3n) is 7.33. The van der Waals surface area contributed by atoms with Gasteiger partial charge in [-0.3, -0.25) is 0 Å². The Labute approximate surface area is 200 Å². The van der Waals surface area contributed by atoms with Crippen molar-refractivity contribution in [1.29, 1.82) is 0 Å². The SMILES string of the molecule is O=S(=O)(NCC1CCC(CNCC2CCc3ccccc3C2)CC1)c1ccccc1C(F)(F)F. The lowest BCUT2D eigenvalue weighted by atomic mass is 9.81. The molecule has 0 amide bonds. The van der Waals surface area contributed by atoms with Crippen LogP contribution in [0.5, 0.6) is 0 Å². The van der Waals surface area contributed by atoms with Crippen LogP contribution in [-0.2, 0) is 29.0 Å². The molecule has 2 aromatic carbocycles. The van der Waals surface area contributed by atoms with E-state index >= 15 is 0 Å². The molecule has 0 bridgehead atoms. The molecule has 0 aromatic heterocycles. The number of nitrogens with one attached hydrogen (secondary N) is 2. The molecule has 2 aliphatic rings. The number of hydrogen-bond donors (Lipinski definition) is 2. The summed E-state index contributed by atoms with van der Waals surface area (Å²) in [6.07, 6.45) is 2.56. The first-order chi connectivity index (χ1) is 16.2. The first-order valence-corrected chi connectivity index (χ1v) is 13.6. The van der Waals surface area contributed by atoms with Gasteiger partial charge in [-0.15, -0.1) is 0 Å². The summed E-state index contributed by atoms with van der Waals surface area (Å²) < 4.78 is 67.1. The van der Waals surface area contributed by atoms with Gasteiger partial charge in [0.15, 0.2) is 0 Å². The lowest BCUT2D eigenvalue weighted by Crippen LogP contribution is -2.35. The molecule has 0 aliphatic heterocycles. The van der Waals surface area contributed by atoms with E-state index in [1.165, 1.54) is 29.7 Å². The molecule has 0 saturated heterocycles. The maximum absolute atomic E-state index is 13.2. The maximum atomic E-state index is 13.2. The molecule has 2 aromatic rings. The quantitative estimate of drug-likeness (QED) is 0.531. The number of alkyl halides is 3. The van der Waals surface area contributed by atoms with E-state index in [0.29, 0.717) is 11.8 Å². The Bertz CT molecular complexity index is 1060. The molecule has 0 heterocycles. The minimum absolute atomic E-state index is 0.152. The molecule has 1 saturated carbocycles. The number of fused-ring (bicyclic) bond motifs is 1. The Balaban J connectivity index is 1.19. The Hall–Kier alpha value is -1.90. The number of sulfonamides is 1. The Kier molecular flexibility index (Phi) is 8.00. The van der Waals surface area contributed by atoms with Gasteiger partial charge in [-0.05, 0) is 99.0 Å². The summed E-state index contributed by atoms with van der Waals surface area (Å²) >= 11 is 0. The molecule has 8 heteroatoms. The van der Waals surface area contributed by atoms with Crippen molar-refractivity contribution in [2.75, 3.05) is 19.6 Å². The highest BCUT2D eigenvalue weighted by Crippen LogP contribution is 2.34. The monoisotopic (exact) mass is 494 g/mol. The highest BCUT2D eigenvalue weighted by molar-refractivity contribution is 7.89. The zero-order valence-corrected chi connectivity index (χ0v) is 20.1. The van der Waals surface area contributed by atoms with Crippen molar-refractivity contribution >= 4 is 10.0 Å². The number of benzene rings is 2. The molecule has 4 rings (SSSR count). The fraction of sp³-hybridized carbons (Fsp3) is 0.538. The van der Waals surface area contributed by atoms with E-state index in [1.54, 1.807) is 0 Å². The van der Waals surface area contributed by atoms with Gasteiger partial charge in [0.1, 0.15) is 0 Å². The van der Waals surface area contributed by atoms with Gasteiger partial charge in [-0.1, -0.05) is 36.4 Å². The van der Waals surface area contributed by atoms with Gasteiger partial charge in [0.25, 0.3) is 0 Å². The van der Waals surface area contributed by atoms with Crippen LogP contribution in [0.3, 0.4) is 0 Å². The van der Waals surface area contributed by atoms with Crippen molar-refractivity contribution in [3.05, 3.63) is 65.2 Å². The molecule has 34 heavy (non-hydrogen) atoms. The minimum atomic E-state index is -4.71. The minimum Gasteiger partial charge on any atom is -0.316 e. The van der Waals surface area contributed by atoms with E-state index in [-0.39, 0.29) is 12.5 Å². The highest BCUT2D eigenvalue weighted by atomic mass is 32.2. The molecule has 2 aliphatic carbocycles. The van der Waals surface area contributed by atoms with Crippen LogP contribution in [-0.4, -0.2) is 28.1 Å². The van der Waals surface area contributed by atoms with E-state index in [9.17, 15) is 21.6 Å². The highest BCUT2D eigenvalue weighted by Gasteiger charge is 2.37. The summed E-state index contributed by atoms with van der Waals surface area (Å²) in [6, 6.07) is 13.0. The van der Waals surface area contributed by atoms with Crippen molar-refractivity contribution in [2.24, 2.45) is 17.8 Å². The molecular weight excluding hydrogens is 461 g/mol. The van der Waals surface area contributed by atoms with Gasteiger partial charge in [-0.2, -0.15) is 13.2 Å². The van der Waals surface area contributed by atoms with Gasteiger partial charge >= 0.3 is 6.18 Å². The van der Waals surface area contributed by atoms with Gasteiger partial charge < -0.3 is 5.32 Å². The summed E-state index contributed by atoms with van der Waals surface area (Å²) in [6.45, 7) is 2.17. The summed E-state index contributed by atoms with van der Waals surface area (Å²) in [5.74, 6) is 1.38. The van der Waals surface area contributed by atoms with Crippen LogP contribution in [0.15, 0.2) is 53.4 Å². The van der Waals surface area contributed by atoms with E-state index in [2.05, 4.69) is 34.3 Å². The lowest BCUT2D eigenvalue weighted by molar-refractivity contribution is -0.139. The molecule has 0 radical (unpaired) electrons. The smallest absolute Gasteiger partial charge is 0.316 e. The first kappa shape index (κ1) is 25.2. The zero-order chi connectivity index (χ0) is 24.2. The zero-order valence-electron chi connectivity index (χ0n) is 19.3. The second kappa shape index (κ2) is 10.8. The van der Waals surface area contributed by atoms with Crippen molar-refractivity contribution in [3.63, 3.8) is 0 Å². The number of halogens is 3. The average molecular weight is 495 g/mol. The van der Waals surface area contributed by atoms with E-state index < -0.39 is 26.7 Å². The second-order valence-corrected chi connectivity index (χ2v) is 11.5. The van der Waals surface area contributed by atoms with E-state index in [4.69, 9.17) is 0 Å². The van der Waals surface area contributed by atoms with Crippen molar-refractivity contribution in [2.45, 2.75) is 56.0 Å². The van der Waals surface area contributed by atoms with Gasteiger partial charge in [0.05, 0.1) is 10.5 Å². The molecule has 1 fully saturated rings. The van der Waals surface area contributed by atoms with Crippen molar-refractivity contribution in [1.82, 2.24) is 10.0 Å². The van der Waals surface area contributed by atoms with Gasteiger partial charge in [0.2, 0.25) is 10.0 Å². The topological polar surface area (TPSA) is 58.2 Å². The number of rotatable bonds is 8. The second-order valence-electron chi connectivity index (χ2n) is 9.77. The number of aryl methyl sites for hydroxylation is 1. The molecule has 186 valence electrons. The predicted molar refractivity (Wildman–Crippen MR) is 127 cm³/mol. The molecule has 0 spiro atoms. The van der Waals surface area contributed by atoms with E-state index in [0.717, 1.165) is 63.7 Å². The maximum Gasteiger partial charge on any atom is 0.417 e. The van der Waals surface area contributed by atoms with Crippen LogP contribution < -0.4 is 10.0 Å². The summed E-state index contributed by atoms with van der Waals surface area (Å²) in [4.78, 5) is -0.703. The van der Waals surface area contributed by atoms with Crippen molar-refractivity contribution < 1.29 is 21.6 Å². The van der Waals surface area contributed by atoms with Crippen LogP contribution in [0, 0.1) is 17.8 Å². The molecule has 2 N–H and O–H groups in total. The van der Waals surface area contributed by atoms with E-state index in [1.807, 2.05) is 0 Å². The summed E-state index contributed by atoms with van der Waals surface area (Å²) in [5, 5.41) is 3.65. The first-order valence-electron chi connectivity index (χ1n) is 12.2. The Morgan fingerprint density at radius 1 is 0.765 bits per heavy atom. The molecular formula is C26H33F3N2O2S. The molecule has 4 nitrogen and oxygen atoms in total. The van der Waals surface area contributed by atoms with Crippen LogP contribution in [0.2, 0.25) is 0 Å². The third-order valence-corrected chi connectivity index (χ3v) is 8.81. The number of hydrogen-bond acceptors (Lipinski definition) is 3. The fourth-order valence-electron chi connectivity index (χ4n) is 5.32. The summed E-state index contributed by atoms with van der Waals surface area (Å²) in [5.41, 5.74) is 1.83. The normalized spacial score (nSPS) is 23.4. The average Bonchev–Trinajstić information content (AvgIpc) is 2.83. The van der Waals surface area contributed by atoms with Crippen LogP contribution in [0.1, 0.15) is 48.8 Å². The summed E-state index contributed by atoms with van der Waals surface area (Å²) in [7, 11) is -4.22. The van der Waals surface area contributed by atoms with Crippen LogP contribution in [0.4, 0.5) is 13.2 Å². The predicted octanol–water partition coefficient (Wildman–Crippen LogP) is 5.18.